The summed E-state index contributed by atoms with van der Waals surface area (Å²) in [6, 6.07) is -0.522. The first-order chi connectivity index (χ1) is 9.88. The Kier molecular flexibility index (Phi) is 4.43. The number of aryl methyl sites for hydroxylation is 1. The highest BCUT2D eigenvalue weighted by molar-refractivity contribution is 7.16. The number of rotatable bonds is 4. The molecule has 0 saturated heterocycles. The average molecular weight is 327 g/mol. The molecule has 0 aliphatic carbocycles. The Morgan fingerprint density at radius 2 is 2.10 bits per heavy atom. The third-order valence-corrected chi connectivity index (χ3v) is 4.68. The fourth-order valence-electron chi connectivity index (χ4n) is 1.70. The van der Waals surface area contributed by atoms with E-state index in [9.17, 15) is 19.5 Å². The van der Waals surface area contributed by atoms with Crippen LogP contribution >= 0.6 is 22.7 Å². The number of thiophene rings is 1. The number of carbonyl (C=O) groups excluding carboxylic acids is 1. The molecule has 112 valence electrons. The van der Waals surface area contributed by atoms with Gasteiger partial charge in [-0.3, -0.25) is 10.1 Å². The van der Waals surface area contributed by atoms with E-state index in [0.717, 1.165) is 16.2 Å². The number of thiazole rings is 1. The minimum absolute atomic E-state index is 0.108. The molecule has 0 saturated carbocycles. The molecule has 0 aromatic carbocycles. The lowest BCUT2D eigenvalue weighted by Gasteiger charge is -2.06. The minimum atomic E-state index is -1.07. The van der Waals surface area contributed by atoms with E-state index in [1.165, 1.54) is 11.3 Å². The molecule has 4 N–H and O–H groups in total. The molecule has 0 unspecified atom stereocenters. The summed E-state index contributed by atoms with van der Waals surface area (Å²) in [7, 11) is 0. The van der Waals surface area contributed by atoms with Crippen LogP contribution in [0.15, 0.2) is 10.2 Å². The van der Waals surface area contributed by atoms with E-state index in [2.05, 4.69) is 15.6 Å². The Morgan fingerprint density at radius 3 is 2.67 bits per heavy atom. The third-order valence-electron chi connectivity index (χ3n) is 2.84. The number of amides is 2. The van der Waals surface area contributed by atoms with Gasteiger partial charge < -0.3 is 15.4 Å². The summed E-state index contributed by atoms with van der Waals surface area (Å²) < 4.78 is 0. The fraction of sp³-hybridized carbons (Fsp3) is 0.250. The summed E-state index contributed by atoms with van der Waals surface area (Å²) in [6.45, 7) is 3.66. The Hall–Kier alpha value is -2.13. The molecule has 0 bridgehead atoms. The van der Waals surface area contributed by atoms with Crippen molar-refractivity contribution in [3.8, 4) is 0 Å². The standard InChI is InChI=1S/C12H13N3O4S2/c1-5-6(2)21-9(8(5)10(16)17)15-11(18)13-3-7-4-20-12(19)14-7/h4H,3H2,1-2H3,(H,14,19)(H,16,17)(H2,13,15,18). The van der Waals surface area contributed by atoms with Crippen LogP contribution in [0.3, 0.4) is 0 Å². The number of carboxylic acids is 1. The van der Waals surface area contributed by atoms with Gasteiger partial charge in [0, 0.05) is 16.0 Å². The fourth-order valence-corrected chi connectivity index (χ4v) is 3.32. The van der Waals surface area contributed by atoms with Crippen LogP contribution in [0.25, 0.3) is 0 Å². The van der Waals surface area contributed by atoms with E-state index < -0.39 is 12.0 Å². The van der Waals surface area contributed by atoms with Gasteiger partial charge in [-0.25, -0.2) is 9.59 Å². The molecule has 0 aliphatic heterocycles. The SMILES string of the molecule is Cc1sc(NC(=O)NCc2csc(=O)[nH]2)c(C(=O)O)c1C. The predicted octanol–water partition coefficient (Wildman–Crippen LogP) is 2.13. The summed E-state index contributed by atoms with van der Waals surface area (Å²) in [5.74, 6) is -1.07. The average Bonchev–Trinajstić information content (AvgIpc) is 2.92. The van der Waals surface area contributed by atoms with Crippen LogP contribution in [0.2, 0.25) is 0 Å². The van der Waals surface area contributed by atoms with Gasteiger partial charge in [-0.2, -0.15) is 0 Å². The van der Waals surface area contributed by atoms with Crippen molar-refractivity contribution in [3.05, 3.63) is 36.7 Å². The molecule has 2 aromatic rings. The van der Waals surface area contributed by atoms with Crippen molar-refractivity contribution in [2.45, 2.75) is 20.4 Å². The number of carboxylic acid groups (broad SMARTS) is 1. The van der Waals surface area contributed by atoms with Crippen LogP contribution in [0.5, 0.6) is 0 Å². The first-order valence-corrected chi connectivity index (χ1v) is 7.63. The smallest absolute Gasteiger partial charge is 0.338 e. The molecule has 2 rings (SSSR count). The lowest BCUT2D eigenvalue weighted by atomic mass is 10.1. The molecule has 0 atom stereocenters. The number of anilines is 1. The molecular formula is C12H13N3O4S2. The zero-order valence-corrected chi connectivity index (χ0v) is 12.9. The number of hydrogen-bond donors (Lipinski definition) is 4. The van der Waals surface area contributed by atoms with E-state index in [0.29, 0.717) is 16.3 Å². The molecule has 2 aromatic heterocycles. The van der Waals surface area contributed by atoms with Gasteiger partial charge in [0.1, 0.15) is 5.00 Å². The summed E-state index contributed by atoms with van der Waals surface area (Å²) >= 11 is 2.23. The number of aromatic carboxylic acids is 1. The Labute approximate surface area is 127 Å². The van der Waals surface area contributed by atoms with Gasteiger partial charge in [-0.15, -0.1) is 11.3 Å². The molecule has 7 nitrogen and oxygen atoms in total. The van der Waals surface area contributed by atoms with E-state index in [1.807, 2.05) is 0 Å². The molecule has 21 heavy (non-hydrogen) atoms. The monoisotopic (exact) mass is 327 g/mol. The molecular weight excluding hydrogens is 314 g/mol. The maximum absolute atomic E-state index is 11.8. The molecule has 0 fully saturated rings. The molecule has 2 amide bonds. The Balaban J connectivity index is 2.04. The van der Waals surface area contributed by atoms with Crippen LogP contribution in [0.4, 0.5) is 9.80 Å². The van der Waals surface area contributed by atoms with Gasteiger partial charge in [-0.1, -0.05) is 11.3 Å². The van der Waals surface area contributed by atoms with Crippen LogP contribution in [-0.2, 0) is 6.54 Å². The second-order valence-corrected chi connectivity index (χ2v) is 6.34. The number of urea groups is 1. The first kappa shape index (κ1) is 15.3. The topological polar surface area (TPSA) is 111 Å². The van der Waals surface area contributed by atoms with Crippen LogP contribution in [-0.4, -0.2) is 22.1 Å². The van der Waals surface area contributed by atoms with Crippen molar-refractivity contribution in [3.63, 3.8) is 0 Å². The Bertz CT molecular complexity index is 744. The first-order valence-electron chi connectivity index (χ1n) is 5.93. The van der Waals surface area contributed by atoms with Crippen LogP contribution < -0.4 is 15.5 Å². The van der Waals surface area contributed by atoms with Crippen LogP contribution in [0.1, 0.15) is 26.5 Å². The van der Waals surface area contributed by atoms with Crippen molar-refractivity contribution in [2.24, 2.45) is 0 Å². The number of nitrogens with one attached hydrogen (secondary N) is 3. The number of H-pyrrole nitrogens is 1. The molecule has 9 heteroatoms. The summed E-state index contributed by atoms with van der Waals surface area (Å²) in [4.78, 5) is 37.2. The van der Waals surface area contributed by atoms with Gasteiger partial charge >= 0.3 is 16.9 Å². The van der Waals surface area contributed by atoms with Crippen molar-refractivity contribution in [2.75, 3.05) is 5.32 Å². The lowest BCUT2D eigenvalue weighted by Crippen LogP contribution is -2.28. The van der Waals surface area contributed by atoms with Gasteiger partial charge in [-0.05, 0) is 19.4 Å². The number of aromatic nitrogens is 1. The third kappa shape index (κ3) is 3.50. The highest BCUT2D eigenvalue weighted by atomic mass is 32.1. The molecule has 0 radical (unpaired) electrons. The van der Waals surface area contributed by atoms with Crippen LogP contribution in [0, 0.1) is 13.8 Å². The van der Waals surface area contributed by atoms with Crippen molar-refractivity contribution >= 4 is 39.7 Å². The van der Waals surface area contributed by atoms with E-state index in [-0.39, 0.29) is 17.0 Å². The second-order valence-electron chi connectivity index (χ2n) is 4.27. The lowest BCUT2D eigenvalue weighted by molar-refractivity contribution is 0.0697. The van der Waals surface area contributed by atoms with Gasteiger partial charge in [0.05, 0.1) is 12.1 Å². The van der Waals surface area contributed by atoms with Gasteiger partial charge in [0.25, 0.3) is 0 Å². The minimum Gasteiger partial charge on any atom is -0.478 e. The zero-order chi connectivity index (χ0) is 15.6. The number of hydrogen-bond acceptors (Lipinski definition) is 5. The molecule has 2 heterocycles. The maximum atomic E-state index is 11.8. The summed E-state index contributed by atoms with van der Waals surface area (Å²) in [5, 5.41) is 16.2. The predicted molar refractivity (Wildman–Crippen MR) is 81.6 cm³/mol. The quantitative estimate of drug-likeness (QED) is 0.689. The maximum Gasteiger partial charge on any atom is 0.338 e. The Morgan fingerprint density at radius 1 is 1.38 bits per heavy atom. The van der Waals surface area contributed by atoms with E-state index in [1.54, 1.807) is 19.2 Å². The molecule has 0 aliphatic rings. The van der Waals surface area contributed by atoms with E-state index in [4.69, 9.17) is 0 Å². The zero-order valence-electron chi connectivity index (χ0n) is 11.3. The van der Waals surface area contributed by atoms with E-state index >= 15 is 0 Å². The second kappa shape index (κ2) is 6.10. The highest BCUT2D eigenvalue weighted by Crippen LogP contribution is 2.32. The number of carbonyl (C=O) groups is 2. The van der Waals surface area contributed by atoms with Crippen molar-refractivity contribution in [1.29, 1.82) is 0 Å². The number of aromatic amines is 1. The largest absolute Gasteiger partial charge is 0.478 e. The van der Waals surface area contributed by atoms with Gasteiger partial charge in [0.15, 0.2) is 0 Å². The highest BCUT2D eigenvalue weighted by Gasteiger charge is 2.20. The van der Waals surface area contributed by atoms with Crippen molar-refractivity contribution < 1.29 is 14.7 Å². The summed E-state index contributed by atoms with van der Waals surface area (Å²) in [5.41, 5.74) is 1.35. The normalized spacial score (nSPS) is 10.4. The van der Waals surface area contributed by atoms with Crippen molar-refractivity contribution in [1.82, 2.24) is 10.3 Å². The van der Waals surface area contributed by atoms with Gasteiger partial charge in [0.2, 0.25) is 0 Å². The summed E-state index contributed by atoms with van der Waals surface area (Å²) in [6.07, 6.45) is 0. The molecule has 0 spiro atoms.